The molecule has 1 aliphatic rings. The van der Waals surface area contributed by atoms with E-state index in [0.29, 0.717) is 13.0 Å². The van der Waals surface area contributed by atoms with Crippen molar-refractivity contribution in [3.05, 3.63) is 23.9 Å². The van der Waals surface area contributed by atoms with Crippen molar-refractivity contribution in [3.63, 3.8) is 0 Å². The molecule has 0 aromatic rings. The van der Waals surface area contributed by atoms with Crippen LogP contribution in [0.25, 0.3) is 0 Å². The fourth-order valence-corrected chi connectivity index (χ4v) is 2.44. The number of hydrogen-bond donors (Lipinski definition) is 0. The lowest BCUT2D eigenvalue weighted by Crippen LogP contribution is -2.42. The van der Waals surface area contributed by atoms with Gasteiger partial charge < -0.3 is 14.2 Å². The van der Waals surface area contributed by atoms with Crippen LogP contribution in [-0.4, -0.2) is 49.6 Å². The first-order valence-electron chi connectivity index (χ1n) is 7.07. The van der Waals surface area contributed by atoms with Gasteiger partial charge in [0, 0.05) is 33.8 Å². The summed E-state index contributed by atoms with van der Waals surface area (Å²) < 4.78 is 16.8. The third-order valence-electron chi connectivity index (χ3n) is 3.75. The molecule has 0 saturated carbocycles. The van der Waals surface area contributed by atoms with Crippen molar-refractivity contribution in [2.75, 3.05) is 20.8 Å². The number of rotatable bonds is 6. The lowest BCUT2D eigenvalue weighted by atomic mass is 10.0. The van der Waals surface area contributed by atoms with E-state index in [4.69, 9.17) is 14.2 Å². The first kappa shape index (κ1) is 17.9. The highest BCUT2D eigenvalue weighted by molar-refractivity contribution is 5.75. The third-order valence-corrected chi connectivity index (χ3v) is 3.75. The Kier molecular flexibility index (Phi) is 6.13. The molecule has 5 heteroatoms. The minimum atomic E-state index is -0.460. The summed E-state index contributed by atoms with van der Waals surface area (Å²) in [4.78, 5) is 13.6. The molecule has 21 heavy (non-hydrogen) atoms. The number of allylic oxidation sites excluding steroid dienone is 2. The third kappa shape index (κ3) is 4.40. The Bertz CT molecular complexity index is 432. The van der Waals surface area contributed by atoms with E-state index in [9.17, 15) is 4.79 Å². The molecule has 1 amide bonds. The van der Waals surface area contributed by atoms with Gasteiger partial charge in [-0.3, -0.25) is 9.69 Å². The van der Waals surface area contributed by atoms with Gasteiger partial charge in [0.05, 0.1) is 12.2 Å². The highest BCUT2D eigenvalue weighted by Gasteiger charge is 2.46. The van der Waals surface area contributed by atoms with Crippen LogP contribution in [0.15, 0.2) is 23.9 Å². The summed E-state index contributed by atoms with van der Waals surface area (Å²) in [6, 6.07) is 0. The second-order valence-electron chi connectivity index (χ2n) is 5.89. The molecule has 0 spiro atoms. The lowest BCUT2D eigenvalue weighted by molar-refractivity contribution is -0.154. The normalized spacial score (nSPS) is 29.5. The fraction of sp³-hybridized carbons (Fsp3) is 0.688. The number of hydrogen-bond acceptors (Lipinski definition) is 4. The monoisotopic (exact) mass is 297 g/mol. The van der Waals surface area contributed by atoms with Crippen molar-refractivity contribution in [2.24, 2.45) is 0 Å². The number of amides is 1. The summed E-state index contributed by atoms with van der Waals surface area (Å²) >= 11 is 0. The molecule has 0 unspecified atom stereocenters. The maximum Gasteiger partial charge on any atom is 0.225 e. The molecule has 1 saturated heterocycles. The fourth-order valence-electron chi connectivity index (χ4n) is 2.44. The summed E-state index contributed by atoms with van der Waals surface area (Å²) in [5.74, 6) is -0.0932. The zero-order chi connectivity index (χ0) is 16.2. The summed E-state index contributed by atoms with van der Waals surface area (Å²) in [5.41, 5.74) is 1.38. The van der Waals surface area contributed by atoms with Crippen LogP contribution in [0, 0.1) is 0 Å². The maximum absolute atomic E-state index is 12.0. The van der Waals surface area contributed by atoms with E-state index in [-0.39, 0.29) is 12.0 Å². The Morgan fingerprint density at radius 2 is 2.05 bits per heavy atom. The summed E-state index contributed by atoms with van der Waals surface area (Å²) in [6.45, 7) is 11.7. The zero-order valence-electron chi connectivity index (χ0n) is 13.9. The molecule has 0 aliphatic carbocycles. The highest BCUT2D eigenvalue weighted by atomic mass is 16.6. The van der Waals surface area contributed by atoms with Crippen LogP contribution in [0.2, 0.25) is 0 Å². The van der Waals surface area contributed by atoms with E-state index in [1.165, 1.54) is 6.92 Å². The number of carbonyl (C=O) groups excluding carboxylic acids is 1. The van der Waals surface area contributed by atoms with E-state index in [0.717, 1.165) is 11.1 Å². The molecular formula is C16H27NO4. The van der Waals surface area contributed by atoms with Crippen molar-refractivity contribution in [1.29, 1.82) is 0 Å². The molecule has 0 aromatic heterocycles. The molecule has 3 atom stereocenters. The van der Waals surface area contributed by atoms with E-state index in [2.05, 4.69) is 6.58 Å². The topological polar surface area (TPSA) is 48.0 Å². The Hall–Kier alpha value is -1.17. The smallest absolute Gasteiger partial charge is 0.225 e. The van der Waals surface area contributed by atoms with Crippen LogP contribution in [0.3, 0.4) is 0 Å². The van der Waals surface area contributed by atoms with Gasteiger partial charge in [-0.2, -0.15) is 0 Å². The van der Waals surface area contributed by atoms with Gasteiger partial charge >= 0.3 is 0 Å². The molecule has 0 bridgehead atoms. The van der Waals surface area contributed by atoms with Gasteiger partial charge in [-0.05, 0) is 26.3 Å². The molecule has 0 N–H and O–H groups in total. The second kappa shape index (κ2) is 7.20. The van der Waals surface area contributed by atoms with Gasteiger partial charge in [0.2, 0.25) is 5.91 Å². The summed E-state index contributed by atoms with van der Waals surface area (Å²) in [7, 11) is 3.27. The van der Waals surface area contributed by atoms with Gasteiger partial charge in [0.25, 0.3) is 0 Å². The van der Waals surface area contributed by atoms with Gasteiger partial charge in [-0.25, -0.2) is 0 Å². The van der Waals surface area contributed by atoms with E-state index in [1.807, 2.05) is 20.8 Å². The maximum atomic E-state index is 12.0. The Morgan fingerprint density at radius 1 is 1.43 bits per heavy atom. The van der Waals surface area contributed by atoms with Crippen molar-refractivity contribution in [1.82, 2.24) is 4.90 Å². The lowest BCUT2D eigenvalue weighted by Gasteiger charge is -2.30. The van der Waals surface area contributed by atoms with Crippen molar-refractivity contribution in [3.8, 4) is 0 Å². The van der Waals surface area contributed by atoms with Gasteiger partial charge in [0.15, 0.2) is 6.23 Å². The van der Waals surface area contributed by atoms with E-state index in [1.54, 1.807) is 25.3 Å². The molecule has 1 aliphatic heterocycles. The van der Waals surface area contributed by atoms with Crippen LogP contribution in [0.5, 0.6) is 0 Å². The highest BCUT2D eigenvalue weighted by Crippen LogP contribution is 2.34. The quantitative estimate of drug-likeness (QED) is 0.707. The average molecular weight is 297 g/mol. The predicted octanol–water partition coefficient (Wildman–Crippen LogP) is 2.48. The van der Waals surface area contributed by atoms with Gasteiger partial charge in [-0.1, -0.05) is 12.2 Å². The number of nitrogens with zero attached hydrogens (tertiary/aromatic N) is 1. The molecule has 1 heterocycles. The van der Waals surface area contributed by atoms with Crippen LogP contribution in [0.4, 0.5) is 0 Å². The van der Waals surface area contributed by atoms with E-state index < -0.39 is 11.8 Å². The van der Waals surface area contributed by atoms with Crippen LogP contribution < -0.4 is 0 Å². The second-order valence-corrected chi connectivity index (χ2v) is 5.89. The first-order valence-corrected chi connectivity index (χ1v) is 7.07. The van der Waals surface area contributed by atoms with Crippen molar-refractivity contribution >= 4 is 5.91 Å². The van der Waals surface area contributed by atoms with Crippen molar-refractivity contribution in [2.45, 2.75) is 52.0 Å². The molecule has 0 aromatic carbocycles. The van der Waals surface area contributed by atoms with Crippen LogP contribution in [0.1, 0.15) is 34.1 Å². The Morgan fingerprint density at radius 3 is 2.48 bits per heavy atom. The largest absolute Gasteiger partial charge is 0.382 e. The summed E-state index contributed by atoms with van der Waals surface area (Å²) in [5, 5.41) is 0. The van der Waals surface area contributed by atoms with Gasteiger partial charge in [-0.15, -0.1) is 0 Å². The predicted molar refractivity (Wildman–Crippen MR) is 81.7 cm³/mol. The van der Waals surface area contributed by atoms with Crippen LogP contribution in [-0.2, 0) is 19.0 Å². The molecule has 5 nitrogen and oxygen atoms in total. The summed E-state index contributed by atoms with van der Waals surface area (Å²) in [6.07, 6.45) is 1.80. The Balaban J connectivity index is 3.04. The first-order chi connectivity index (χ1) is 9.74. The SMILES string of the molecule is C=C(C)/C(C)=C\N(C(C)=O)[C@@H]1O[C@](C)(COC)C[C@H]1OC. The molecule has 0 radical (unpaired) electrons. The number of methoxy groups -OCH3 is 2. The van der Waals surface area contributed by atoms with Crippen LogP contribution >= 0.6 is 0 Å². The minimum Gasteiger partial charge on any atom is -0.382 e. The molecule has 1 fully saturated rings. The minimum absolute atomic E-state index is 0.0932. The molecule has 120 valence electrons. The Labute approximate surface area is 127 Å². The molecule has 1 rings (SSSR count). The molecular weight excluding hydrogens is 270 g/mol. The number of ether oxygens (including phenoxy) is 3. The standard InChI is InChI=1S/C16H27NO4/c1-11(2)12(3)9-17(13(4)18)15-14(20-7)8-16(5,21-15)10-19-6/h9,14-15H,1,8,10H2,2-7H3/b12-9-/t14-,15-,16+/m1/s1. The zero-order valence-corrected chi connectivity index (χ0v) is 13.9. The average Bonchev–Trinajstić information content (AvgIpc) is 2.72. The van der Waals surface area contributed by atoms with E-state index >= 15 is 0 Å². The number of carbonyl (C=O) groups is 1. The van der Waals surface area contributed by atoms with Gasteiger partial charge in [0.1, 0.15) is 6.10 Å². The van der Waals surface area contributed by atoms with Crippen molar-refractivity contribution < 1.29 is 19.0 Å².